The van der Waals surface area contributed by atoms with E-state index in [0.29, 0.717) is 11.4 Å². The van der Waals surface area contributed by atoms with Gasteiger partial charge in [-0.05, 0) is 25.5 Å². The Morgan fingerprint density at radius 3 is 2.81 bits per heavy atom. The minimum Gasteiger partial charge on any atom is -0.375 e. The maximum Gasteiger partial charge on any atom is 0.260 e. The molecule has 26 heavy (non-hydrogen) atoms. The zero-order chi connectivity index (χ0) is 18.8. The predicted octanol–water partition coefficient (Wildman–Crippen LogP) is 0.290. The van der Waals surface area contributed by atoms with Crippen molar-refractivity contribution >= 4 is 35.0 Å². The highest BCUT2D eigenvalue weighted by molar-refractivity contribution is 6.11. The Hall–Kier alpha value is -2.94. The molecule has 3 rings (SSSR count). The zero-order valence-electron chi connectivity index (χ0n) is 14.5. The summed E-state index contributed by atoms with van der Waals surface area (Å²) in [6.07, 6.45) is -0.00837. The van der Waals surface area contributed by atoms with E-state index in [0.717, 1.165) is 0 Å². The summed E-state index contributed by atoms with van der Waals surface area (Å²) in [6.45, 7) is 1.62. The summed E-state index contributed by atoms with van der Waals surface area (Å²) >= 11 is 0. The number of ether oxygens (including phenoxy) is 1. The van der Waals surface area contributed by atoms with Gasteiger partial charge in [-0.15, -0.1) is 0 Å². The number of carbonyl (C=O) groups excluding carboxylic acids is 4. The van der Waals surface area contributed by atoms with Gasteiger partial charge in [0.05, 0.1) is 23.1 Å². The summed E-state index contributed by atoms with van der Waals surface area (Å²) in [5.41, 5.74) is 1.19. The summed E-state index contributed by atoms with van der Waals surface area (Å²) in [7, 11) is 1.40. The molecule has 1 fully saturated rings. The lowest BCUT2D eigenvalue weighted by Gasteiger charge is -2.41. The molecule has 9 nitrogen and oxygen atoms in total. The number of anilines is 2. The number of carbonyl (C=O) groups is 4. The van der Waals surface area contributed by atoms with E-state index in [9.17, 15) is 19.2 Å². The van der Waals surface area contributed by atoms with Gasteiger partial charge in [-0.3, -0.25) is 24.5 Å². The van der Waals surface area contributed by atoms with Gasteiger partial charge in [0, 0.05) is 13.5 Å². The zero-order valence-corrected chi connectivity index (χ0v) is 14.5. The highest BCUT2D eigenvalue weighted by Crippen LogP contribution is 2.33. The Balaban J connectivity index is 1.93. The average molecular weight is 360 g/mol. The Labute approximate surface area is 150 Å². The standard InChI is InChI=1S/C17H20N4O5/c1-9-18-10-4-3-5-11(19-14(23)8-26-2)15(10)17(25)21(9)12-6-7-13(22)20-16(12)24/h3-5,9,12,18H,6-8H2,1-2H3,(H,19,23)(H,20,22,24). The summed E-state index contributed by atoms with van der Waals surface area (Å²) in [4.78, 5) is 50.0. The van der Waals surface area contributed by atoms with E-state index in [4.69, 9.17) is 4.74 Å². The maximum absolute atomic E-state index is 13.2. The van der Waals surface area contributed by atoms with Crippen LogP contribution in [0.15, 0.2) is 18.2 Å². The first-order chi connectivity index (χ1) is 12.4. The van der Waals surface area contributed by atoms with Gasteiger partial charge in [-0.25, -0.2) is 0 Å². The molecular weight excluding hydrogens is 340 g/mol. The number of methoxy groups -OCH3 is 1. The smallest absolute Gasteiger partial charge is 0.260 e. The first kappa shape index (κ1) is 17.9. The number of benzene rings is 1. The molecular formula is C17H20N4O5. The number of fused-ring (bicyclic) bond motifs is 1. The van der Waals surface area contributed by atoms with Gasteiger partial charge in [0.2, 0.25) is 17.7 Å². The fourth-order valence-electron chi connectivity index (χ4n) is 3.28. The number of hydrogen-bond acceptors (Lipinski definition) is 6. The van der Waals surface area contributed by atoms with Crippen molar-refractivity contribution in [2.24, 2.45) is 0 Å². The molecule has 138 valence electrons. The second-order valence-electron chi connectivity index (χ2n) is 6.21. The Bertz CT molecular complexity index is 778. The summed E-state index contributed by atoms with van der Waals surface area (Å²) in [6, 6.07) is 4.32. The van der Waals surface area contributed by atoms with Crippen molar-refractivity contribution in [1.29, 1.82) is 0 Å². The minimum absolute atomic E-state index is 0.140. The van der Waals surface area contributed by atoms with Crippen LogP contribution in [0.3, 0.4) is 0 Å². The third-order valence-corrected chi connectivity index (χ3v) is 4.39. The van der Waals surface area contributed by atoms with Gasteiger partial charge in [-0.2, -0.15) is 0 Å². The van der Waals surface area contributed by atoms with Crippen LogP contribution in [0, 0.1) is 0 Å². The van der Waals surface area contributed by atoms with E-state index in [1.165, 1.54) is 12.0 Å². The molecule has 2 unspecified atom stereocenters. The number of amides is 4. The summed E-state index contributed by atoms with van der Waals surface area (Å²) in [5, 5.41) is 8.09. The normalized spacial score (nSPS) is 22.4. The number of rotatable bonds is 4. The van der Waals surface area contributed by atoms with Gasteiger partial charge in [0.1, 0.15) is 12.6 Å². The van der Waals surface area contributed by atoms with Crippen LogP contribution < -0.4 is 16.0 Å². The number of piperidine rings is 1. The fourth-order valence-corrected chi connectivity index (χ4v) is 3.28. The van der Waals surface area contributed by atoms with Gasteiger partial charge in [0.25, 0.3) is 5.91 Å². The van der Waals surface area contributed by atoms with Crippen LogP contribution in [0.5, 0.6) is 0 Å². The molecule has 3 N–H and O–H groups in total. The third-order valence-electron chi connectivity index (χ3n) is 4.39. The molecule has 0 bridgehead atoms. The monoisotopic (exact) mass is 360 g/mol. The quantitative estimate of drug-likeness (QED) is 0.665. The molecule has 2 heterocycles. The molecule has 0 saturated carbocycles. The van der Waals surface area contributed by atoms with Crippen molar-refractivity contribution in [1.82, 2.24) is 10.2 Å². The Morgan fingerprint density at radius 2 is 2.12 bits per heavy atom. The summed E-state index contributed by atoms with van der Waals surface area (Å²) < 4.78 is 4.80. The lowest BCUT2D eigenvalue weighted by molar-refractivity contribution is -0.137. The highest BCUT2D eigenvalue weighted by atomic mass is 16.5. The van der Waals surface area contributed by atoms with Gasteiger partial charge >= 0.3 is 0 Å². The second-order valence-corrected chi connectivity index (χ2v) is 6.21. The molecule has 2 aliphatic heterocycles. The predicted molar refractivity (Wildman–Crippen MR) is 92.4 cm³/mol. The molecule has 9 heteroatoms. The lowest BCUT2D eigenvalue weighted by Crippen LogP contribution is -2.60. The molecule has 0 spiro atoms. The van der Waals surface area contributed by atoms with Gasteiger partial charge < -0.3 is 20.3 Å². The van der Waals surface area contributed by atoms with E-state index in [1.54, 1.807) is 25.1 Å². The van der Waals surface area contributed by atoms with Crippen molar-refractivity contribution in [3.05, 3.63) is 23.8 Å². The van der Waals surface area contributed by atoms with Crippen molar-refractivity contribution in [3.63, 3.8) is 0 Å². The van der Waals surface area contributed by atoms with Gasteiger partial charge in [-0.1, -0.05) is 6.07 Å². The molecule has 0 aliphatic carbocycles. The van der Waals surface area contributed by atoms with Crippen LogP contribution in [0.4, 0.5) is 11.4 Å². The molecule has 1 saturated heterocycles. The molecule has 1 aromatic rings. The van der Waals surface area contributed by atoms with Crippen LogP contribution in [0.1, 0.15) is 30.1 Å². The first-order valence-corrected chi connectivity index (χ1v) is 8.27. The third kappa shape index (κ3) is 3.25. The molecule has 2 aliphatic rings. The topological polar surface area (TPSA) is 117 Å². The van der Waals surface area contributed by atoms with E-state index >= 15 is 0 Å². The number of nitrogens with zero attached hydrogens (tertiary/aromatic N) is 1. The van der Waals surface area contributed by atoms with E-state index in [2.05, 4.69) is 16.0 Å². The van der Waals surface area contributed by atoms with Crippen molar-refractivity contribution < 1.29 is 23.9 Å². The SMILES string of the molecule is COCC(=O)Nc1cccc2c1C(=O)N(C1CCC(=O)NC1=O)C(C)N2. The van der Waals surface area contributed by atoms with Crippen LogP contribution in [0.25, 0.3) is 0 Å². The van der Waals surface area contributed by atoms with Crippen LogP contribution in [0.2, 0.25) is 0 Å². The number of hydrogen-bond donors (Lipinski definition) is 3. The maximum atomic E-state index is 13.2. The number of imide groups is 1. The van der Waals surface area contributed by atoms with Crippen LogP contribution in [-0.4, -0.2) is 54.5 Å². The van der Waals surface area contributed by atoms with Crippen LogP contribution >= 0.6 is 0 Å². The first-order valence-electron chi connectivity index (χ1n) is 8.27. The molecule has 0 aromatic heterocycles. The average Bonchev–Trinajstić information content (AvgIpc) is 2.56. The van der Waals surface area contributed by atoms with E-state index < -0.39 is 18.1 Å². The van der Waals surface area contributed by atoms with E-state index in [1.807, 2.05) is 0 Å². The fraction of sp³-hybridized carbons (Fsp3) is 0.412. The van der Waals surface area contributed by atoms with Gasteiger partial charge in [0.15, 0.2) is 0 Å². The second kappa shape index (κ2) is 7.12. The highest BCUT2D eigenvalue weighted by Gasteiger charge is 2.41. The number of nitrogens with one attached hydrogen (secondary N) is 3. The van der Waals surface area contributed by atoms with Crippen molar-refractivity contribution in [2.75, 3.05) is 24.4 Å². The molecule has 1 aromatic carbocycles. The van der Waals surface area contributed by atoms with E-state index in [-0.39, 0.29) is 42.7 Å². The van der Waals surface area contributed by atoms with Crippen molar-refractivity contribution in [3.8, 4) is 0 Å². The van der Waals surface area contributed by atoms with Crippen molar-refractivity contribution in [2.45, 2.75) is 32.0 Å². The Morgan fingerprint density at radius 1 is 1.35 bits per heavy atom. The Kier molecular flexibility index (Phi) is 4.90. The lowest BCUT2D eigenvalue weighted by atomic mass is 9.99. The minimum atomic E-state index is -0.751. The molecule has 4 amide bonds. The molecule has 2 atom stereocenters. The summed E-state index contributed by atoms with van der Waals surface area (Å²) in [5.74, 6) is -1.61. The largest absolute Gasteiger partial charge is 0.375 e. The molecule has 0 radical (unpaired) electrons. The van der Waals surface area contributed by atoms with Crippen LogP contribution in [-0.2, 0) is 19.1 Å².